The van der Waals surface area contributed by atoms with Crippen molar-refractivity contribution in [3.05, 3.63) is 34.4 Å². The van der Waals surface area contributed by atoms with Crippen molar-refractivity contribution in [1.82, 2.24) is 24.9 Å². The number of halogens is 4. The van der Waals surface area contributed by atoms with Crippen LogP contribution in [0.1, 0.15) is 28.8 Å². The highest BCUT2D eigenvalue weighted by molar-refractivity contribution is 6.31. The molecule has 2 aromatic heterocycles. The fourth-order valence-electron chi connectivity index (χ4n) is 1.91. The van der Waals surface area contributed by atoms with Gasteiger partial charge in [-0.2, -0.15) is 23.4 Å². The molecule has 0 aromatic carbocycles. The van der Waals surface area contributed by atoms with E-state index < -0.39 is 17.8 Å². The second-order valence-corrected chi connectivity index (χ2v) is 4.88. The maximum Gasteiger partial charge on any atom is 0.435 e. The zero-order valence-corrected chi connectivity index (χ0v) is 12.5. The topological polar surface area (TPSA) is 64.7 Å². The summed E-state index contributed by atoms with van der Waals surface area (Å²) in [6.07, 6.45) is -3.15. The Labute approximate surface area is 128 Å². The highest BCUT2D eigenvalue weighted by Crippen LogP contribution is 2.28. The third-order valence-corrected chi connectivity index (χ3v) is 3.33. The van der Waals surface area contributed by atoms with E-state index in [-0.39, 0.29) is 12.2 Å². The highest BCUT2D eigenvalue weighted by Gasteiger charge is 2.35. The van der Waals surface area contributed by atoms with Gasteiger partial charge in [0.2, 0.25) is 0 Å². The summed E-state index contributed by atoms with van der Waals surface area (Å²) in [5, 5.41) is 10.2. The van der Waals surface area contributed by atoms with Gasteiger partial charge in [0.05, 0.1) is 23.5 Å². The number of carbonyl (C=O) groups is 1. The Hall–Kier alpha value is -2.03. The van der Waals surface area contributed by atoms with E-state index in [1.807, 2.05) is 6.92 Å². The van der Waals surface area contributed by atoms with Crippen molar-refractivity contribution in [3.63, 3.8) is 0 Å². The van der Waals surface area contributed by atoms with Gasteiger partial charge in [0.15, 0.2) is 5.69 Å². The first-order valence-corrected chi connectivity index (χ1v) is 6.71. The molecule has 0 radical (unpaired) electrons. The molecule has 0 bridgehead atoms. The number of nitrogens with one attached hydrogen (secondary N) is 1. The number of carbonyl (C=O) groups excluding carboxylic acids is 1. The molecular weight excluding hydrogens is 323 g/mol. The van der Waals surface area contributed by atoms with Crippen LogP contribution in [-0.2, 0) is 26.3 Å². The van der Waals surface area contributed by atoms with Crippen LogP contribution in [0.3, 0.4) is 0 Å². The molecule has 0 atom stereocenters. The van der Waals surface area contributed by atoms with E-state index >= 15 is 0 Å². The number of hydrogen-bond acceptors (Lipinski definition) is 3. The van der Waals surface area contributed by atoms with Gasteiger partial charge in [-0.15, -0.1) is 0 Å². The Bertz CT molecular complexity index is 691. The predicted octanol–water partition coefficient (Wildman–Crippen LogP) is 2.24. The molecule has 0 saturated heterocycles. The zero-order valence-electron chi connectivity index (χ0n) is 11.8. The molecular formula is C12H13ClF3N5O. The second-order valence-electron chi connectivity index (χ2n) is 4.47. The minimum absolute atomic E-state index is 0.0536. The van der Waals surface area contributed by atoms with Gasteiger partial charge < -0.3 is 5.32 Å². The molecule has 22 heavy (non-hydrogen) atoms. The normalized spacial score (nSPS) is 11.7. The Balaban J connectivity index is 2.13. The first kappa shape index (κ1) is 16.3. The summed E-state index contributed by atoms with van der Waals surface area (Å²) < 4.78 is 40.2. The molecule has 2 rings (SSSR count). The lowest BCUT2D eigenvalue weighted by Gasteiger charge is -2.07. The van der Waals surface area contributed by atoms with Crippen molar-refractivity contribution in [2.24, 2.45) is 7.05 Å². The van der Waals surface area contributed by atoms with Crippen LogP contribution in [0.25, 0.3) is 0 Å². The third-order valence-electron chi connectivity index (χ3n) is 3.02. The van der Waals surface area contributed by atoms with Crippen LogP contribution in [0.5, 0.6) is 0 Å². The number of alkyl halides is 3. The van der Waals surface area contributed by atoms with Crippen LogP contribution in [-0.4, -0.2) is 25.5 Å². The minimum Gasteiger partial charge on any atom is -0.345 e. The average molecular weight is 336 g/mol. The molecule has 0 aliphatic heterocycles. The summed E-state index contributed by atoms with van der Waals surface area (Å²) in [6.45, 7) is 2.46. The standard InChI is InChI=1S/C12H13ClF3N5O/c1-3-21-9(7(13)5-18-21)6-17-11(22)8-4-10(12(14,15)16)19-20(8)2/h4-5H,3,6H2,1-2H3,(H,17,22). The predicted molar refractivity (Wildman–Crippen MR) is 72.3 cm³/mol. The van der Waals surface area contributed by atoms with E-state index in [4.69, 9.17) is 11.6 Å². The smallest absolute Gasteiger partial charge is 0.345 e. The number of rotatable bonds is 4. The van der Waals surface area contributed by atoms with Crippen molar-refractivity contribution in [3.8, 4) is 0 Å². The van der Waals surface area contributed by atoms with E-state index in [0.717, 1.165) is 4.68 Å². The maximum absolute atomic E-state index is 12.6. The third kappa shape index (κ3) is 3.24. The molecule has 0 unspecified atom stereocenters. The number of amides is 1. The van der Waals surface area contributed by atoms with Gasteiger partial charge >= 0.3 is 6.18 Å². The van der Waals surface area contributed by atoms with Gasteiger partial charge in [-0.25, -0.2) is 0 Å². The Morgan fingerprint density at radius 2 is 2.14 bits per heavy atom. The number of nitrogens with zero attached hydrogens (tertiary/aromatic N) is 4. The van der Waals surface area contributed by atoms with E-state index in [1.54, 1.807) is 4.68 Å². The first-order valence-electron chi connectivity index (χ1n) is 6.33. The van der Waals surface area contributed by atoms with Gasteiger partial charge in [0, 0.05) is 19.7 Å². The minimum atomic E-state index is -4.60. The maximum atomic E-state index is 12.6. The Kier molecular flexibility index (Phi) is 4.45. The molecule has 0 saturated carbocycles. The van der Waals surface area contributed by atoms with Crippen LogP contribution in [0.4, 0.5) is 13.2 Å². The quantitative estimate of drug-likeness (QED) is 0.932. The molecule has 10 heteroatoms. The fourth-order valence-corrected chi connectivity index (χ4v) is 2.12. The average Bonchev–Trinajstić information content (AvgIpc) is 2.99. The lowest BCUT2D eigenvalue weighted by atomic mass is 10.3. The van der Waals surface area contributed by atoms with Crippen molar-refractivity contribution in [2.75, 3.05) is 0 Å². The van der Waals surface area contributed by atoms with Crippen molar-refractivity contribution in [2.45, 2.75) is 26.2 Å². The molecule has 6 nitrogen and oxygen atoms in total. The first-order chi connectivity index (χ1) is 10.2. The van der Waals surface area contributed by atoms with E-state index in [9.17, 15) is 18.0 Å². The number of aryl methyl sites for hydroxylation is 2. The van der Waals surface area contributed by atoms with Crippen molar-refractivity contribution >= 4 is 17.5 Å². The number of hydrogen-bond donors (Lipinski definition) is 1. The molecule has 0 fully saturated rings. The molecule has 120 valence electrons. The van der Waals surface area contributed by atoms with Gasteiger partial charge in [0.25, 0.3) is 5.91 Å². The second kappa shape index (κ2) is 5.99. The van der Waals surface area contributed by atoms with Crippen LogP contribution in [0, 0.1) is 0 Å². The fraction of sp³-hybridized carbons (Fsp3) is 0.417. The van der Waals surface area contributed by atoms with Gasteiger partial charge in [-0.05, 0) is 6.92 Å². The molecule has 0 aliphatic carbocycles. The monoisotopic (exact) mass is 335 g/mol. The Morgan fingerprint density at radius 3 is 2.68 bits per heavy atom. The van der Waals surface area contributed by atoms with E-state index in [1.165, 1.54) is 13.2 Å². The Morgan fingerprint density at radius 1 is 1.45 bits per heavy atom. The summed E-state index contributed by atoms with van der Waals surface area (Å²) in [7, 11) is 1.27. The van der Waals surface area contributed by atoms with Gasteiger partial charge in [-0.3, -0.25) is 14.2 Å². The van der Waals surface area contributed by atoms with Crippen LogP contribution < -0.4 is 5.32 Å². The lowest BCUT2D eigenvalue weighted by molar-refractivity contribution is -0.141. The summed E-state index contributed by atoms with van der Waals surface area (Å²) in [5.41, 5.74) is -0.724. The summed E-state index contributed by atoms with van der Waals surface area (Å²) in [5.74, 6) is -0.676. The van der Waals surface area contributed by atoms with Crippen LogP contribution in [0.2, 0.25) is 5.02 Å². The van der Waals surface area contributed by atoms with E-state index in [2.05, 4.69) is 15.5 Å². The molecule has 2 heterocycles. The highest BCUT2D eigenvalue weighted by atomic mass is 35.5. The lowest BCUT2D eigenvalue weighted by Crippen LogP contribution is -2.26. The molecule has 2 aromatic rings. The molecule has 1 N–H and O–H groups in total. The summed E-state index contributed by atoms with van der Waals surface area (Å²) in [4.78, 5) is 12.0. The molecule has 0 aliphatic rings. The summed E-state index contributed by atoms with van der Waals surface area (Å²) in [6, 6.07) is 0.702. The van der Waals surface area contributed by atoms with Crippen LogP contribution in [0.15, 0.2) is 12.3 Å². The van der Waals surface area contributed by atoms with E-state index in [0.29, 0.717) is 23.3 Å². The zero-order chi connectivity index (χ0) is 16.5. The number of aromatic nitrogens is 4. The summed E-state index contributed by atoms with van der Waals surface area (Å²) >= 11 is 5.95. The van der Waals surface area contributed by atoms with Gasteiger partial charge in [0.1, 0.15) is 5.69 Å². The SMILES string of the molecule is CCn1ncc(Cl)c1CNC(=O)c1cc(C(F)(F)F)nn1C. The van der Waals surface area contributed by atoms with Crippen molar-refractivity contribution in [1.29, 1.82) is 0 Å². The largest absolute Gasteiger partial charge is 0.435 e. The molecule has 0 spiro atoms. The van der Waals surface area contributed by atoms with Gasteiger partial charge in [-0.1, -0.05) is 11.6 Å². The van der Waals surface area contributed by atoms with Crippen molar-refractivity contribution < 1.29 is 18.0 Å². The molecule has 1 amide bonds. The van der Waals surface area contributed by atoms with Crippen LogP contribution >= 0.6 is 11.6 Å².